The first-order valence-corrected chi connectivity index (χ1v) is 14.5. The molecule has 0 fully saturated rings. The maximum Gasteiger partial charge on any atom is 0.267 e. The third kappa shape index (κ3) is 5.47. The summed E-state index contributed by atoms with van der Waals surface area (Å²) in [5.74, 6) is 0.859. The molecular formula is C28H26ClN7O3S. The molecule has 204 valence electrons. The molecule has 2 heterocycles. The standard InChI is InChI=1S/C28H26ClN7O3S/c1-16-12-13-18(35-40(3,38)39)14-20(16)21-15-31-28(30)34-25(21)32-17(2)26-33-23-11-7-10-22(29)24(23)27(37)36(26)19-8-5-4-6-9-19/h4-15,17,35H,1-3H3,(H3,30,31,32,34)/t17-/m1/s1. The van der Waals surface area contributed by atoms with Gasteiger partial charge in [-0.3, -0.25) is 14.1 Å². The number of aryl methyl sites for hydroxylation is 1. The number of hydrogen-bond acceptors (Lipinski definition) is 8. The number of fused-ring (bicyclic) bond motifs is 1. The first kappa shape index (κ1) is 27.1. The maximum absolute atomic E-state index is 13.8. The molecule has 2 aromatic heterocycles. The fourth-order valence-corrected chi connectivity index (χ4v) is 5.29. The Morgan fingerprint density at radius 2 is 1.75 bits per heavy atom. The normalized spacial score (nSPS) is 12.3. The zero-order valence-electron chi connectivity index (χ0n) is 21.9. The summed E-state index contributed by atoms with van der Waals surface area (Å²) in [5.41, 5.74) is 9.30. The lowest BCUT2D eigenvalue weighted by Crippen LogP contribution is -2.27. The van der Waals surface area contributed by atoms with Gasteiger partial charge in [0.2, 0.25) is 16.0 Å². The Hall–Kier alpha value is -4.48. The van der Waals surface area contributed by atoms with Gasteiger partial charge in [-0.25, -0.2) is 18.4 Å². The number of nitrogens with zero attached hydrogens (tertiary/aromatic N) is 4. The van der Waals surface area contributed by atoms with E-state index < -0.39 is 16.1 Å². The number of aromatic nitrogens is 4. The van der Waals surface area contributed by atoms with E-state index in [0.717, 1.165) is 11.8 Å². The van der Waals surface area contributed by atoms with Crippen LogP contribution in [0.2, 0.25) is 5.02 Å². The number of nitrogens with one attached hydrogen (secondary N) is 2. The first-order chi connectivity index (χ1) is 19.0. The number of halogens is 1. The summed E-state index contributed by atoms with van der Waals surface area (Å²) in [6.07, 6.45) is 2.66. The van der Waals surface area contributed by atoms with Crippen molar-refractivity contribution in [2.24, 2.45) is 0 Å². The van der Waals surface area contributed by atoms with E-state index in [1.165, 1.54) is 4.57 Å². The maximum atomic E-state index is 13.8. The van der Waals surface area contributed by atoms with E-state index >= 15 is 0 Å². The molecule has 0 saturated carbocycles. The highest BCUT2D eigenvalue weighted by molar-refractivity contribution is 7.92. The quantitative estimate of drug-likeness (QED) is 0.248. The monoisotopic (exact) mass is 575 g/mol. The number of benzene rings is 3. The molecule has 0 saturated heterocycles. The van der Waals surface area contributed by atoms with Crippen LogP contribution in [0.25, 0.3) is 27.7 Å². The molecule has 0 bridgehead atoms. The number of anilines is 3. The number of hydrogen-bond donors (Lipinski definition) is 3. The molecule has 0 aliphatic heterocycles. The molecular weight excluding hydrogens is 550 g/mol. The second-order valence-corrected chi connectivity index (χ2v) is 11.5. The molecule has 5 rings (SSSR count). The molecule has 5 aromatic rings. The highest BCUT2D eigenvalue weighted by atomic mass is 35.5. The summed E-state index contributed by atoms with van der Waals surface area (Å²) in [7, 11) is -3.48. The van der Waals surface area contributed by atoms with E-state index in [-0.39, 0.29) is 11.5 Å². The second kappa shape index (κ2) is 10.6. The lowest BCUT2D eigenvalue weighted by Gasteiger charge is -2.22. The third-order valence-corrected chi connectivity index (χ3v) is 7.19. The second-order valence-electron chi connectivity index (χ2n) is 9.34. The predicted molar refractivity (Wildman–Crippen MR) is 159 cm³/mol. The van der Waals surface area contributed by atoms with Gasteiger partial charge in [-0.1, -0.05) is 41.9 Å². The highest BCUT2D eigenvalue weighted by Gasteiger charge is 2.22. The largest absolute Gasteiger partial charge is 0.368 e. The molecule has 3 aromatic carbocycles. The molecule has 10 nitrogen and oxygen atoms in total. The molecule has 0 aliphatic carbocycles. The highest BCUT2D eigenvalue weighted by Crippen LogP contribution is 2.33. The molecule has 4 N–H and O–H groups in total. The van der Waals surface area contributed by atoms with E-state index in [1.54, 1.807) is 42.6 Å². The Kier molecular flexibility index (Phi) is 7.17. The summed E-state index contributed by atoms with van der Waals surface area (Å²) in [6, 6.07) is 19.0. The van der Waals surface area contributed by atoms with Crippen LogP contribution in [0.1, 0.15) is 24.4 Å². The van der Waals surface area contributed by atoms with Gasteiger partial charge < -0.3 is 11.1 Å². The van der Waals surface area contributed by atoms with Gasteiger partial charge in [0.25, 0.3) is 5.56 Å². The average molecular weight is 576 g/mol. The van der Waals surface area contributed by atoms with Crippen LogP contribution in [0.15, 0.2) is 77.7 Å². The number of nitrogen functional groups attached to an aromatic ring is 1. The molecule has 0 spiro atoms. The van der Waals surface area contributed by atoms with Crippen LogP contribution < -0.4 is 21.3 Å². The van der Waals surface area contributed by atoms with E-state index in [0.29, 0.717) is 50.1 Å². The zero-order chi connectivity index (χ0) is 28.6. The van der Waals surface area contributed by atoms with Crippen LogP contribution in [0.3, 0.4) is 0 Å². The van der Waals surface area contributed by atoms with Crippen molar-refractivity contribution in [1.29, 1.82) is 0 Å². The first-order valence-electron chi connectivity index (χ1n) is 12.3. The molecule has 0 aliphatic rings. The number of para-hydroxylation sites is 1. The third-order valence-electron chi connectivity index (χ3n) is 6.27. The topological polar surface area (TPSA) is 145 Å². The van der Waals surface area contributed by atoms with Crippen LogP contribution in [-0.2, 0) is 10.0 Å². The van der Waals surface area contributed by atoms with Gasteiger partial charge in [0.1, 0.15) is 11.6 Å². The van der Waals surface area contributed by atoms with Crippen molar-refractivity contribution in [3.8, 4) is 16.8 Å². The lowest BCUT2D eigenvalue weighted by atomic mass is 10.0. The summed E-state index contributed by atoms with van der Waals surface area (Å²) in [6.45, 7) is 3.75. The number of nitrogens with two attached hydrogens (primary N) is 1. The molecule has 40 heavy (non-hydrogen) atoms. The minimum atomic E-state index is -3.48. The summed E-state index contributed by atoms with van der Waals surface area (Å²) in [4.78, 5) is 27.2. The van der Waals surface area contributed by atoms with Crippen molar-refractivity contribution < 1.29 is 8.42 Å². The van der Waals surface area contributed by atoms with Crippen molar-refractivity contribution in [1.82, 2.24) is 19.5 Å². The van der Waals surface area contributed by atoms with Gasteiger partial charge in [-0.05, 0) is 61.4 Å². The lowest BCUT2D eigenvalue weighted by molar-refractivity contribution is 0.607. The number of rotatable bonds is 7. The fourth-order valence-electron chi connectivity index (χ4n) is 4.49. The van der Waals surface area contributed by atoms with Gasteiger partial charge in [-0.15, -0.1) is 0 Å². The fraction of sp³-hybridized carbons (Fsp3) is 0.143. The van der Waals surface area contributed by atoms with Gasteiger partial charge in [0, 0.05) is 17.4 Å². The summed E-state index contributed by atoms with van der Waals surface area (Å²) in [5, 5.41) is 3.99. The molecule has 1 atom stereocenters. The predicted octanol–water partition coefficient (Wildman–Crippen LogP) is 4.93. The Morgan fingerprint density at radius 3 is 2.48 bits per heavy atom. The Labute approximate surface area is 235 Å². The van der Waals surface area contributed by atoms with Crippen molar-refractivity contribution in [2.45, 2.75) is 19.9 Å². The van der Waals surface area contributed by atoms with Crippen LogP contribution in [0, 0.1) is 6.92 Å². The van der Waals surface area contributed by atoms with Gasteiger partial charge in [-0.2, -0.15) is 4.98 Å². The zero-order valence-corrected chi connectivity index (χ0v) is 23.5. The SMILES string of the molecule is Cc1ccc(NS(C)(=O)=O)cc1-c1cnc(N)nc1N[C@H](C)c1nc2cccc(Cl)c2c(=O)n1-c1ccccc1. The number of sulfonamides is 1. The van der Waals surface area contributed by atoms with Crippen molar-refractivity contribution in [2.75, 3.05) is 22.0 Å². The van der Waals surface area contributed by atoms with Crippen LogP contribution in [-0.4, -0.2) is 34.2 Å². The van der Waals surface area contributed by atoms with E-state index in [9.17, 15) is 13.2 Å². The van der Waals surface area contributed by atoms with Crippen LogP contribution in [0.5, 0.6) is 0 Å². The Bertz CT molecular complexity index is 1910. The Morgan fingerprint density at radius 1 is 1.00 bits per heavy atom. The van der Waals surface area contributed by atoms with Crippen LogP contribution in [0.4, 0.5) is 17.5 Å². The minimum Gasteiger partial charge on any atom is -0.368 e. The van der Waals surface area contributed by atoms with Crippen molar-refractivity contribution in [3.05, 3.63) is 99.7 Å². The molecule has 0 amide bonds. The molecule has 12 heteroatoms. The van der Waals surface area contributed by atoms with E-state index in [4.69, 9.17) is 22.3 Å². The van der Waals surface area contributed by atoms with Crippen molar-refractivity contribution in [3.63, 3.8) is 0 Å². The summed E-state index contributed by atoms with van der Waals surface area (Å²) >= 11 is 6.41. The van der Waals surface area contributed by atoms with Gasteiger partial charge >= 0.3 is 0 Å². The summed E-state index contributed by atoms with van der Waals surface area (Å²) < 4.78 is 27.7. The molecule has 0 unspecified atom stereocenters. The smallest absolute Gasteiger partial charge is 0.267 e. The van der Waals surface area contributed by atoms with Crippen LogP contribution >= 0.6 is 11.6 Å². The minimum absolute atomic E-state index is 0.0419. The van der Waals surface area contributed by atoms with Crippen molar-refractivity contribution >= 4 is 50.0 Å². The van der Waals surface area contributed by atoms with Gasteiger partial charge in [0.15, 0.2) is 0 Å². The van der Waals surface area contributed by atoms with E-state index in [2.05, 4.69) is 20.0 Å². The molecule has 0 radical (unpaired) electrons. The Balaban J connectivity index is 1.65. The van der Waals surface area contributed by atoms with Gasteiger partial charge in [0.05, 0.1) is 33.9 Å². The average Bonchev–Trinajstić information content (AvgIpc) is 2.89. The van der Waals surface area contributed by atoms with E-state index in [1.807, 2.05) is 44.2 Å².